The van der Waals surface area contributed by atoms with E-state index in [4.69, 9.17) is 23.2 Å². The van der Waals surface area contributed by atoms with E-state index in [1.807, 2.05) is 0 Å². The first kappa shape index (κ1) is 15.7. The molecule has 0 unspecified atom stereocenters. The molecule has 2 aromatic rings. The highest BCUT2D eigenvalue weighted by atomic mass is 35.5. The smallest absolute Gasteiger partial charge is 0.405 e. The van der Waals surface area contributed by atoms with E-state index in [2.05, 4.69) is 4.74 Å². The highest BCUT2D eigenvalue weighted by molar-refractivity contribution is 6.67. The van der Waals surface area contributed by atoms with Gasteiger partial charge in [-0.15, -0.1) is 13.2 Å². The van der Waals surface area contributed by atoms with Crippen molar-refractivity contribution in [1.29, 1.82) is 0 Å². The molecule has 0 aliphatic carbocycles. The average Bonchev–Trinajstić information content (AvgIpc) is 2.38. The zero-order valence-electron chi connectivity index (χ0n) is 10.2. The molecule has 0 fully saturated rings. The molecule has 0 saturated heterocycles. The standard InChI is InChI=1S/C14H7Cl2F3O2/c15-11-6-5-8(13(16)20)7-10(11)9-3-1-2-4-12(9)21-14(17,18)19/h1-7H. The van der Waals surface area contributed by atoms with Crippen LogP contribution in [-0.4, -0.2) is 11.6 Å². The molecule has 0 spiro atoms. The minimum Gasteiger partial charge on any atom is -0.405 e. The van der Waals surface area contributed by atoms with Gasteiger partial charge in [0.1, 0.15) is 5.75 Å². The third-order valence-corrected chi connectivity index (χ3v) is 3.14. The average molecular weight is 335 g/mol. The van der Waals surface area contributed by atoms with Crippen LogP contribution in [0.2, 0.25) is 5.02 Å². The Balaban J connectivity index is 2.56. The molecule has 0 aliphatic heterocycles. The molecule has 0 aliphatic rings. The van der Waals surface area contributed by atoms with Gasteiger partial charge in [-0.2, -0.15) is 0 Å². The number of rotatable bonds is 3. The molecule has 0 amide bonds. The fraction of sp³-hybridized carbons (Fsp3) is 0.0714. The normalized spacial score (nSPS) is 11.3. The zero-order chi connectivity index (χ0) is 15.6. The van der Waals surface area contributed by atoms with E-state index < -0.39 is 17.4 Å². The van der Waals surface area contributed by atoms with Crippen LogP contribution >= 0.6 is 23.2 Å². The molecule has 0 saturated carbocycles. The van der Waals surface area contributed by atoms with Crippen molar-refractivity contribution in [3.05, 3.63) is 53.1 Å². The van der Waals surface area contributed by atoms with Crippen molar-refractivity contribution in [2.24, 2.45) is 0 Å². The van der Waals surface area contributed by atoms with Gasteiger partial charge in [0.2, 0.25) is 0 Å². The number of alkyl halides is 3. The number of benzene rings is 2. The highest BCUT2D eigenvalue weighted by Crippen LogP contribution is 2.37. The van der Waals surface area contributed by atoms with Crippen molar-refractivity contribution in [2.75, 3.05) is 0 Å². The molecule has 2 aromatic carbocycles. The molecular weight excluding hydrogens is 328 g/mol. The summed E-state index contributed by atoms with van der Waals surface area (Å²) < 4.78 is 41.2. The third kappa shape index (κ3) is 3.89. The van der Waals surface area contributed by atoms with Crippen molar-refractivity contribution < 1.29 is 22.7 Å². The summed E-state index contributed by atoms with van der Waals surface area (Å²) in [6.45, 7) is 0. The van der Waals surface area contributed by atoms with Crippen LogP contribution in [0.5, 0.6) is 5.75 Å². The first-order valence-electron chi connectivity index (χ1n) is 5.62. The van der Waals surface area contributed by atoms with Crippen LogP contribution in [0.3, 0.4) is 0 Å². The molecular formula is C14H7Cl2F3O2. The fourth-order valence-electron chi connectivity index (χ4n) is 1.76. The van der Waals surface area contributed by atoms with Gasteiger partial charge in [0.15, 0.2) is 0 Å². The molecule has 7 heteroatoms. The number of hydrogen-bond donors (Lipinski definition) is 0. The second kappa shape index (κ2) is 5.95. The van der Waals surface area contributed by atoms with Gasteiger partial charge in [-0.3, -0.25) is 4.79 Å². The SMILES string of the molecule is O=C(Cl)c1ccc(Cl)c(-c2ccccc2OC(F)(F)F)c1. The molecule has 0 aromatic heterocycles. The maximum atomic E-state index is 12.4. The van der Waals surface area contributed by atoms with Crippen molar-refractivity contribution in [3.63, 3.8) is 0 Å². The maximum absolute atomic E-state index is 12.4. The first-order valence-corrected chi connectivity index (χ1v) is 6.38. The molecule has 2 rings (SSSR count). The van der Waals surface area contributed by atoms with E-state index in [9.17, 15) is 18.0 Å². The topological polar surface area (TPSA) is 26.3 Å². The maximum Gasteiger partial charge on any atom is 0.573 e. The number of carbonyl (C=O) groups is 1. The molecule has 0 heterocycles. The van der Waals surface area contributed by atoms with Crippen molar-refractivity contribution in [2.45, 2.75) is 6.36 Å². The Morgan fingerprint density at radius 1 is 1.05 bits per heavy atom. The van der Waals surface area contributed by atoms with Gasteiger partial charge in [-0.1, -0.05) is 29.8 Å². The second-order valence-corrected chi connectivity index (χ2v) is 4.76. The Bertz CT molecular complexity index is 684. The van der Waals surface area contributed by atoms with E-state index in [0.29, 0.717) is 0 Å². The Morgan fingerprint density at radius 3 is 2.33 bits per heavy atom. The van der Waals surface area contributed by atoms with Gasteiger partial charge in [0.05, 0.1) is 0 Å². The summed E-state index contributed by atoms with van der Waals surface area (Å²) in [5.41, 5.74) is 0.459. The summed E-state index contributed by atoms with van der Waals surface area (Å²) >= 11 is 11.4. The van der Waals surface area contributed by atoms with Crippen molar-refractivity contribution in [1.82, 2.24) is 0 Å². The molecule has 0 radical (unpaired) electrons. The molecule has 21 heavy (non-hydrogen) atoms. The van der Waals surface area contributed by atoms with E-state index in [-0.39, 0.29) is 21.7 Å². The van der Waals surface area contributed by atoms with Gasteiger partial charge in [0, 0.05) is 21.7 Å². The molecule has 0 bridgehead atoms. The first-order chi connectivity index (χ1) is 9.78. The monoisotopic (exact) mass is 334 g/mol. The number of hydrogen-bond acceptors (Lipinski definition) is 2. The van der Waals surface area contributed by atoms with Crippen LogP contribution in [0, 0.1) is 0 Å². The Morgan fingerprint density at radius 2 is 1.71 bits per heavy atom. The minimum absolute atomic E-state index is 0.111. The van der Waals surface area contributed by atoms with Gasteiger partial charge in [-0.05, 0) is 35.9 Å². The summed E-state index contributed by atoms with van der Waals surface area (Å²) in [4.78, 5) is 11.2. The van der Waals surface area contributed by atoms with Crippen LogP contribution in [0.25, 0.3) is 11.1 Å². The van der Waals surface area contributed by atoms with E-state index in [0.717, 1.165) is 6.07 Å². The van der Waals surface area contributed by atoms with Crippen LogP contribution in [0.15, 0.2) is 42.5 Å². The van der Waals surface area contributed by atoms with Crippen LogP contribution in [-0.2, 0) is 0 Å². The minimum atomic E-state index is -4.83. The highest BCUT2D eigenvalue weighted by Gasteiger charge is 2.32. The predicted octanol–water partition coefficient (Wildman–Crippen LogP) is 5.28. The van der Waals surface area contributed by atoms with Gasteiger partial charge >= 0.3 is 6.36 Å². The summed E-state index contributed by atoms with van der Waals surface area (Å²) in [6.07, 6.45) is -4.83. The zero-order valence-corrected chi connectivity index (χ0v) is 11.8. The summed E-state index contributed by atoms with van der Waals surface area (Å²) in [6, 6.07) is 9.58. The lowest BCUT2D eigenvalue weighted by Gasteiger charge is -2.14. The number of para-hydroxylation sites is 1. The summed E-state index contributed by atoms with van der Waals surface area (Å²) in [5, 5.41) is -0.558. The Labute approximate surface area is 128 Å². The quantitative estimate of drug-likeness (QED) is 0.713. The van der Waals surface area contributed by atoms with E-state index in [1.54, 1.807) is 0 Å². The third-order valence-electron chi connectivity index (χ3n) is 2.60. The number of halogens is 5. The second-order valence-electron chi connectivity index (χ2n) is 4.01. The lowest BCUT2D eigenvalue weighted by Crippen LogP contribution is -2.17. The van der Waals surface area contributed by atoms with Crippen LogP contribution in [0.4, 0.5) is 13.2 Å². The van der Waals surface area contributed by atoms with Gasteiger partial charge < -0.3 is 4.74 Å². The molecule has 0 atom stereocenters. The fourth-order valence-corrected chi connectivity index (χ4v) is 2.09. The molecule has 2 nitrogen and oxygen atoms in total. The van der Waals surface area contributed by atoms with E-state index in [1.165, 1.54) is 36.4 Å². The van der Waals surface area contributed by atoms with Crippen molar-refractivity contribution >= 4 is 28.4 Å². The Hall–Kier alpha value is -1.72. The van der Waals surface area contributed by atoms with Gasteiger partial charge in [-0.25, -0.2) is 0 Å². The lowest BCUT2D eigenvalue weighted by atomic mass is 10.0. The largest absolute Gasteiger partial charge is 0.573 e. The molecule has 110 valence electrons. The van der Waals surface area contributed by atoms with Crippen molar-refractivity contribution in [3.8, 4) is 16.9 Å². The molecule has 0 N–H and O–H groups in total. The number of ether oxygens (including phenoxy) is 1. The summed E-state index contributed by atoms with van der Waals surface area (Å²) in [5.74, 6) is -0.411. The Kier molecular flexibility index (Phi) is 4.44. The predicted molar refractivity (Wildman–Crippen MR) is 73.8 cm³/mol. The van der Waals surface area contributed by atoms with Crippen LogP contribution < -0.4 is 4.74 Å². The summed E-state index contributed by atoms with van der Waals surface area (Å²) in [7, 11) is 0. The van der Waals surface area contributed by atoms with Crippen LogP contribution in [0.1, 0.15) is 10.4 Å². The number of carbonyl (C=O) groups excluding carboxylic acids is 1. The lowest BCUT2D eigenvalue weighted by molar-refractivity contribution is -0.274. The van der Waals surface area contributed by atoms with E-state index >= 15 is 0 Å². The van der Waals surface area contributed by atoms with Gasteiger partial charge in [0.25, 0.3) is 5.24 Å².